The molecule has 2 aliphatic rings. The third-order valence-corrected chi connectivity index (χ3v) is 9.53. The van der Waals surface area contributed by atoms with Crippen LogP contribution in [0.4, 0.5) is 0 Å². The first-order valence-electron chi connectivity index (χ1n) is 16.4. The van der Waals surface area contributed by atoms with Gasteiger partial charge in [0.1, 0.15) is 6.04 Å². The van der Waals surface area contributed by atoms with E-state index in [0.717, 1.165) is 27.7 Å². The van der Waals surface area contributed by atoms with Crippen LogP contribution < -0.4 is 5.32 Å². The Hall–Kier alpha value is -6.05. The van der Waals surface area contributed by atoms with E-state index in [2.05, 4.69) is 21.9 Å². The van der Waals surface area contributed by atoms with Crippen LogP contribution in [0.5, 0.6) is 0 Å². The van der Waals surface area contributed by atoms with Gasteiger partial charge >= 0.3 is 23.9 Å². The lowest BCUT2D eigenvalue weighted by Crippen LogP contribution is -2.43. The normalized spacial score (nSPS) is 16.1. The number of nitrogens with one attached hydrogen (secondary N) is 3. The molecule has 0 saturated heterocycles. The van der Waals surface area contributed by atoms with E-state index < -0.39 is 60.5 Å². The van der Waals surface area contributed by atoms with Crippen molar-refractivity contribution in [1.82, 2.24) is 25.3 Å². The van der Waals surface area contributed by atoms with Gasteiger partial charge in [0.25, 0.3) is 0 Å². The van der Waals surface area contributed by atoms with Gasteiger partial charge in [-0.1, -0.05) is 26.5 Å². The summed E-state index contributed by atoms with van der Waals surface area (Å²) in [6, 6.07) is 5.64. The number of hydrogen-bond donors (Lipinski definition) is 7. The molecule has 5 heterocycles. The number of carbonyl (C=O) groups is 5. The summed E-state index contributed by atoms with van der Waals surface area (Å²) < 4.78 is 0. The number of carbonyl (C=O) groups excluding carboxylic acids is 1. The Morgan fingerprint density at radius 2 is 1.67 bits per heavy atom. The molecule has 3 atom stereocenters. The largest absolute Gasteiger partial charge is 0.481 e. The van der Waals surface area contributed by atoms with Crippen LogP contribution in [0.15, 0.2) is 30.8 Å². The number of aliphatic carboxylic acids is 4. The summed E-state index contributed by atoms with van der Waals surface area (Å²) in [7, 11) is 0. The minimum Gasteiger partial charge on any atom is -0.481 e. The molecule has 8 bridgehead atoms. The number of hydrogen-bond acceptors (Lipinski definition) is 7. The summed E-state index contributed by atoms with van der Waals surface area (Å²) in [6.45, 7) is 11.4. The number of H-pyrrole nitrogens is 2. The maximum absolute atomic E-state index is 13.6. The third-order valence-electron chi connectivity index (χ3n) is 9.53. The molecule has 2 aliphatic heterocycles. The number of rotatable bonds is 12. The second-order valence-electron chi connectivity index (χ2n) is 12.8. The van der Waals surface area contributed by atoms with E-state index in [9.17, 15) is 44.4 Å². The standard InChI is InChI=1S/C37H39N5O9/c1-6-19-10-20-11-24-17(4)22(8-9-31(44)45)34(41-24)23(12-30(43)40-29(36(48)49)15-32(46)47)35-33(37(50)51)18(5)26(42-35)14-28-21(7-2)16(3)25(39-28)13-27(19)38-20/h6,10-11,13-14,17,22,29,38-39H,1,7-9,12,15H2,2-5H3,(H,40,43)(H,44,45)(H,46,47)(H,48,49)(H,50,51)/t17-,22-,29?/m0/s1. The molecule has 5 rings (SSSR count). The number of amides is 1. The minimum absolute atomic E-state index is 0.0659. The molecule has 3 aromatic rings. The highest BCUT2D eigenvalue weighted by Gasteiger charge is 2.36. The summed E-state index contributed by atoms with van der Waals surface area (Å²) in [5.41, 5.74) is 6.93. The van der Waals surface area contributed by atoms with Gasteiger partial charge in [0, 0.05) is 51.6 Å². The van der Waals surface area contributed by atoms with E-state index >= 15 is 0 Å². The molecule has 0 saturated carbocycles. The number of fused-ring (bicyclic) bond motifs is 8. The first kappa shape index (κ1) is 36.2. The number of aryl methyl sites for hydroxylation is 2. The number of carboxylic acids is 4. The average molecular weight is 698 g/mol. The van der Waals surface area contributed by atoms with Crippen molar-refractivity contribution in [2.45, 2.75) is 77.7 Å². The van der Waals surface area contributed by atoms with E-state index in [1.54, 1.807) is 25.1 Å². The van der Waals surface area contributed by atoms with Crippen molar-refractivity contribution >= 4 is 69.1 Å². The zero-order valence-corrected chi connectivity index (χ0v) is 28.6. The van der Waals surface area contributed by atoms with Crippen LogP contribution in [0.3, 0.4) is 0 Å². The van der Waals surface area contributed by atoms with Gasteiger partial charge in [0.2, 0.25) is 5.91 Å². The predicted molar refractivity (Wildman–Crippen MR) is 189 cm³/mol. The Bertz CT molecular complexity index is 2190. The van der Waals surface area contributed by atoms with Gasteiger partial charge in [-0.05, 0) is 73.2 Å². The molecule has 7 N–H and O–H groups in total. The summed E-state index contributed by atoms with van der Waals surface area (Å²) in [5, 5.41) is 41.3. The van der Waals surface area contributed by atoms with Crippen molar-refractivity contribution < 1.29 is 44.4 Å². The number of allylic oxidation sites excluding steroid dienone is 1. The van der Waals surface area contributed by atoms with Crippen molar-refractivity contribution in [3.05, 3.63) is 75.9 Å². The molecule has 1 unspecified atom stereocenters. The molecular formula is C37H39N5O9. The molecule has 14 nitrogen and oxygen atoms in total. The molecule has 1 amide bonds. The molecule has 0 spiro atoms. The lowest BCUT2D eigenvalue weighted by molar-refractivity contribution is -0.147. The second-order valence-corrected chi connectivity index (χ2v) is 12.8. The lowest BCUT2D eigenvalue weighted by atomic mass is 9.84. The highest BCUT2D eigenvalue weighted by atomic mass is 16.4. The lowest BCUT2D eigenvalue weighted by Gasteiger charge is -2.19. The maximum Gasteiger partial charge on any atom is 0.338 e. The van der Waals surface area contributed by atoms with E-state index in [1.165, 1.54) is 0 Å². The molecular weight excluding hydrogens is 658 g/mol. The molecule has 0 aliphatic carbocycles. The van der Waals surface area contributed by atoms with Crippen LogP contribution in [0.1, 0.15) is 96.9 Å². The molecule has 3 aromatic heterocycles. The van der Waals surface area contributed by atoms with Gasteiger partial charge in [-0.2, -0.15) is 0 Å². The first-order chi connectivity index (χ1) is 24.1. The van der Waals surface area contributed by atoms with Gasteiger partial charge < -0.3 is 35.7 Å². The Morgan fingerprint density at radius 3 is 2.27 bits per heavy atom. The van der Waals surface area contributed by atoms with Gasteiger partial charge in [-0.15, -0.1) is 0 Å². The fourth-order valence-corrected chi connectivity index (χ4v) is 6.87. The number of aromatic nitrogens is 4. The first-order valence-corrected chi connectivity index (χ1v) is 16.4. The molecule has 51 heavy (non-hydrogen) atoms. The second kappa shape index (κ2) is 14.4. The van der Waals surface area contributed by atoms with Crippen LogP contribution in [0.25, 0.3) is 39.3 Å². The predicted octanol–water partition coefficient (Wildman–Crippen LogP) is 5.18. The minimum atomic E-state index is -1.77. The van der Waals surface area contributed by atoms with E-state index in [-0.39, 0.29) is 35.4 Å². The van der Waals surface area contributed by atoms with E-state index in [4.69, 9.17) is 9.97 Å². The van der Waals surface area contributed by atoms with Crippen LogP contribution in [0, 0.1) is 6.92 Å². The summed E-state index contributed by atoms with van der Waals surface area (Å²) in [6.07, 6.45) is 0.690. The zero-order valence-electron chi connectivity index (χ0n) is 28.6. The summed E-state index contributed by atoms with van der Waals surface area (Å²) in [4.78, 5) is 78.0. The SMILES string of the molecule is C=Cc1cc2cc3nc(c(CC(=O)NC(CC(=O)O)C(=O)O)c4nc(cc5[nH]c(cc1[nH]2)c(C)c5CC)C(C)=C4C(=O)O)[C@@H](CCC(=O)O)[C@@H]3C. The highest BCUT2D eigenvalue weighted by molar-refractivity contribution is 6.24. The zero-order chi connectivity index (χ0) is 37.3. The fraction of sp³-hybridized carbons (Fsp3) is 0.324. The van der Waals surface area contributed by atoms with Gasteiger partial charge in [-0.3, -0.25) is 19.4 Å². The van der Waals surface area contributed by atoms with Gasteiger partial charge in [0.15, 0.2) is 0 Å². The molecule has 0 radical (unpaired) electrons. The summed E-state index contributed by atoms with van der Waals surface area (Å²) in [5.74, 6) is -7.31. The average Bonchev–Trinajstić information content (AvgIpc) is 3.77. The van der Waals surface area contributed by atoms with Crippen LogP contribution >= 0.6 is 0 Å². The molecule has 0 aromatic carbocycles. The Kier molecular flexibility index (Phi) is 10.3. The monoisotopic (exact) mass is 697 g/mol. The number of carboxylic acid groups (broad SMARTS) is 4. The van der Waals surface area contributed by atoms with Crippen molar-refractivity contribution in [3.63, 3.8) is 0 Å². The van der Waals surface area contributed by atoms with Crippen molar-refractivity contribution in [1.29, 1.82) is 0 Å². The van der Waals surface area contributed by atoms with E-state index in [0.29, 0.717) is 34.4 Å². The Morgan fingerprint density at radius 1 is 0.941 bits per heavy atom. The molecule has 14 heteroatoms. The van der Waals surface area contributed by atoms with Gasteiger partial charge in [0.05, 0.1) is 35.5 Å². The fourth-order valence-electron chi connectivity index (χ4n) is 6.87. The Labute approximate surface area is 292 Å². The Balaban J connectivity index is 1.93. The van der Waals surface area contributed by atoms with Crippen molar-refractivity contribution in [2.24, 2.45) is 0 Å². The van der Waals surface area contributed by atoms with E-state index in [1.807, 2.05) is 32.9 Å². The van der Waals surface area contributed by atoms with Crippen molar-refractivity contribution in [2.75, 3.05) is 0 Å². The van der Waals surface area contributed by atoms with Crippen LogP contribution in [-0.4, -0.2) is 76.2 Å². The quantitative estimate of drug-likeness (QED) is 0.130. The van der Waals surface area contributed by atoms with Crippen LogP contribution in [-0.2, 0) is 36.8 Å². The topological polar surface area (TPSA) is 236 Å². The van der Waals surface area contributed by atoms with Crippen molar-refractivity contribution in [3.8, 4) is 0 Å². The molecule has 0 fully saturated rings. The van der Waals surface area contributed by atoms with Crippen LogP contribution in [0.2, 0.25) is 0 Å². The molecule has 266 valence electrons. The third kappa shape index (κ3) is 7.30. The summed E-state index contributed by atoms with van der Waals surface area (Å²) >= 11 is 0. The maximum atomic E-state index is 13.6. The van der Waals surface area contributed by atoms with Gasteiger partial charge in [-0.25, -0.2) is 14.6 Å². The smallest absolute Gasteiger partial charge is 0.338 e. The highest BCUT2D eigenvalue weighted by Crippen LogP contribution is 2.43. The number of aromatic amines is 2. The number of nitrogens with zero attached hydrogens (tertiary/aromatic N) is 2.